The average Bonchev–Trinajstić information content (AvgIpc) is 2.21. The summed E-state index contributed by atoms with van der Waals surface area (Å²) in [5.74, 6) is -0.467. The number of carboxylic acids is 1. The molecule has 0 saturated heterocycles. The normalized spacial score (nSPS) is 14.3. The van der Waals surface area contributed by atoms with Crippen LogP contribution >= 0.6 is 11.6 Å². The Labute approximate surface area is 93.6 Å². The second-order valence-electron chi connectivity index (χ2n) is 3.45. The van der Waals surface area contributed by atoms with Gasteiger partial charge < -0.3 is 9.84 Å². The summed E-state index contributed by atoms with van der Waals surface area (Å²) in [7, 11) is 0. The molecule has 0 fully saturated rings. The van der Waals surface area contributed by atoms with Crippen molar-refractivity contribution >= 4 is 17.6 Å². The van der Waals surface area contributed by atoms with Gasteiger partial charge >= 0.3 is 5.97 Å². The fourth-order valence-corrected chi connectivity index (χ4v) is 1.16. The highest BCUT2D eigenvalue weighted by molar-refractivity contribution is 6.30. The van der Waals surface area contributed by atoms with Crippen LogP contribution in [0.25, 0.3) is 0 Å². The zero-order chi connectivity index (χ0) is 11.5. The van der Waals surface area contributed by atoms with Crippen LogP contribution in [0.2, 0.25) is 5.02 Å². The molecule has 1 N–H and O–H groups in total. The van der Waals surface area contributed by atoms with Gasteiger partial charge in [-0.2, -0.15) is 0 Å². The van der Waals surface area contributed by atoms with E-state index in [2.05, 4.69) is 0 Å². The predicted molar refractivity (Wildman–Crippen MR) is 58.4 cm³/mol. The predicted octanol–water partition coefficient (Wildman–Crippen LogP) is 2.97. The van der Waals surface area contributed by atoms with E-state index in [4.69, 9.17) is 21.4 Å². The maximum atomic E-state index is 11.0. The topological polar surface area (TPSA) is 46.5 Å². The molecule has 0 aromatic heterocycles. The highest BCUT2D eigenvalue weighted by atomic mass is 35.5. The lowest BCUT2D eigenvalue weighted by molar-refractivity contribution is -0.154. The third kappa shape index (κ3) is 2.86. The average molecular weight is 229 g/mol. The maximum absolute atomic E-state index is 11.0. The van der Waals surface area contributed by atoms with Crippen LogP contribution in [0.15, 0.2) is 24.3 Å². The number of halogens is 1. The Morgan fingerprint density at radius 2 is 2.00 bits per heavy atom. The first-order valence-corrected chi connectivity index (χ1v) is 5.03. The molecule has 1 aromatic carbocycles. The Morgan fingerprint density at radius 1 is 1.47 bits per heavy atom. The van der Waals surface area contributed by atoms with E-state index in [0.29, 0.717) is 17.2 Å². The number of carbonyl (C=O) groups is 1. The first-order valence-electron chi connectivity index (χ1n) is 4.66. The van der Waals surface area contributed by atoms with Crippen molar-refractivity contribution in [3.63, 3.8) is 0 Å². The minimum atomic E-state index is -1.19. The molecule has 0 bridgehead atoms. The monoisotopic (exact) mass is 228 g/mol. The Hall–Kier alpha value is -1.22. The summed E-state index contributed by atoms with van der Waals surface area (Å²) in [6, 6.07) is 6.63. The molecular weight excluding hydrogens is 216 g/mol. The van der Waals surface area contributed by atoms with Gasteiger partial charge in [-0.3, -0.25) is 0 Å². The number of ether oxygens (including phenoxy) is 1. The van der Waals surface area contributed by atoms with Crippen LogP contribution in [-0.4, -0.2) is 16.7 Å². The standard InChI is InChI=1S/C11H13ClO3/c1-3-11(2,10(13)14)15-9-6-4-8(12)5-7-9/h4-7H,3H2,1-2H3,(H,13,14)/t11-/m1/s1. The first-order chi connectivity index (χ1) is 6.98. The second kappa shape index (κ2) is 4.53. The zero-order valence-corrected chi connectivity index (χ0v) is 9.41. The van der Waals surface area contributed by atoms with Crippen LogP contribution in [0.1, 0.15) is 20.3 Å². The summed E-state index contributed by atoms with van der Waals surface area (Å²) in [5, 5.41) is 9.59. The van der Waals surface area contributed by atoms with Crippen molar-refractivity contribution < 1.29 is 14.6 Å². The Morgan fingerprint density at radius 3 is 2.40 bits per heavy atom. The van der Waals surface area contributed by atoms with E-state index in [9.17, 15) is 4.79 Å². The van der Waals surface area contributed by atoms with Gasteiger partial charge in [-0.1, -0.05) is 18.5 Å². The van der Waals surface area contributed by atoms with Crippen LogP contribution in [-0.2, 0) is 4.79 Å². The SMILES string of the molecule is CC[C@@](C)(Oc1ccc(Cl)cc1)C(=O)O. The summed E-state index contributed by atoms with van der Waals surface area (Å²) < 4.78 is 5.41. The molecule has 4 heteroatoms. The van der Waals surface area contributed by atoms with Gasteiger partial charge in [0.2, 0.25) is 5.60 Å². The third-order valence-corrected chi connectivity index (χ3v) is 2.54. The van der Waals surface area contributed by atoms with Crippen molar-refractivity contribution in [1.29, 1.82) is 0 Å². The van der Waals surface area contributed by atoms with Gasteiger partial charge in [0.25, 0.3) is 0 Å². The summed E-state index contributed by atoms with van der Waals surface area (Å²) in [5.41, 5.74) is -1.19. The smallest absolute Gasteiger partial charge is 0.347 e. The van der Waals surface area contributed by atoms with Crippen molar-refractivity contribution in [3.8, 4) is 5.75 Å². The van der Waals surface area contributed by atoms with E-state index in [-0.39, 0.29) is 0 Å². The minimum absolute atomic E-state index is 0.394. The van der Waals surface area contributed by atoms with E-state index in [1.54, 1.807) is 38.1 Å². The molecule has 0 aliphatic carbocycles. The largest absolute Gasteiger partial charge is 0.478 e. The van der Waals surface area contributed by atoms with E-state index in [1.165, 1.54) is 0 Å². The second-order valence-corrected chi connectivity index (χ2v) is 3.88. The number of carboxylic acid groups (broad SMARTS) is 1. The fraction of sp³-hybridized carbons (Fsp3) is 0.364. The lowest BCUT2D eigenvalue weighted by Gasteiger charge is -2.24. The molecule has 0 unspecified atom stereocenters. The highest BCUT2D eigenvalue weighted by Crippen LogP contribution is 2.23. The van der Waals surface area contributed by atoms with E-state index in [1.807, 2.05) is 0 Å². The lowest BCUT2D eigenvalue weighted by atomic mass is 10.0. The van der Waals surface area contributed by atoms with Gasteiger partial charge in [-0.15, -0.1) is 0 Å². The number of benzene rings is 1. The molecule has 3 nitrogen and oxygen atoms in total. The van der Waals surface area contributed by atoms with Crippen LogP contribution < -0.4 is 4.74 Å². The molecule has 0 amide bonds. The molecule has 0 aliphatic heterocycles. The maximum Gasteiger partial charge on any atom is 0.347 e. The van der Waals surface area contributed by atoms with Crippen molar-refractivity contribution in [3.05, 3.63) is 29.3 Å². The molecule has 0 heterocycles. The lowest BCUT2D eigenvalue weighted by Crippen LogP contribution is -2.40. The van der Waals surface area contributed by atoms with Crippen LogP contribution in [0.3, 0.4) is 0 Å². The molecule has 15 heavy (non-hydrogen) atoms. The number of hydrogen-bond acceptors (Lipinski definition) is 2. The Kier molecular flexibility index (Phi) is 3.58. The quantitative estimate of drug-likeness (QED) is 0.862. The number of aliphatic carboxylic acids is 1. The van der Waals surface area contributed by atoms with Crippen molar-refractivity contribution in [1.82, 2.24) is 0 Å². The molecule has 0 saturated carbocycles. The summed E-state index contributed by atoms with van der Waals surface area (Å²) in [4.78, 5) is 11.0. The molecule has 0 radical (unpaired) electrons. The summed E-state index contributed by atoms with van der Waals surface area (Å²) in [6.07, 6.45) is 0.394. The van der Waals surface area contributed by atoms with Gasteiger partial charge in [-0.05, 0) is 37.6 Å². The Bertz CT molecular complexity index is 347. The van der Waals surface area contributed by atoms with Crippen molar-refractivity contribution in [2.24, 2.45) is 0 Å². The van der Waals surface area contributed by atoms with Crippen LogP contribution in [0.4, 0.5) is 0 Å². The van der Waals surface area contributed by atoms with Gasteiger partial charge in [0, 0.05) is 5.02 Å². The van der Waals surface area contributed by atoms with E-state index in [0.717, 1.165) is 0 Å². The highest BCUT2D eigenvalue weighted by Gasteiger charge is 2.33. The number of hydrogen-bond donors (Lipinski definition) is 1. The van der Waals surface area contributed by atoms with Gasteiger partial charge in [0.1, 0.15) is 5.75 Å². The molecule has 1 atom stereocenters. The van der Waals surface area contributed by atoms with Gasteiger partial charge in [0.05, 0.1) is 0 Å². The van der Waals surface area contributed by atoms with Gasteiger partial charge in [0.15, 0.2) is 0 Å². The minimum Gasteiger partial charge on any atom is -0.478 e. The first kappa shape index (κ1) is 11.9. The molecule has 1 rings (SSSR count). The number of rotatable bonds is 4. The van der Waals surface area contributed by atoms with Crippen LogP contribution in [0.5, 0.6) is 5.75 Å². The molecule has 0 spiro atoms. The van der Waals surface area contributed by atoms with Crippen molar-refractivity contribution in [2.75, 3.05) is 0 Å². The van der Waals surface area contributed by atoms with Crippen molar-refractivity contribution in [2.45, 2.75) is 25.9 Å². The molecular formula is C11H13ClO3. The molecule has 1 aromatic rings. The van der Waals surface area contributed by atoms with E-state index >= 15 is 0 Å². The Balaban J connectivity index is 2.84. The zero-order valence-electron chi connectivity index (χ0n) is 8.66. The van der Waals surface area contributed by atoms with Crippen LogP contribution in [0, 0.1) is 0 Å². The summed E-state index contributed by atoms with van der Waals surface area (Å²) >= 11 is 5.71. The van der Waals surface area contributed by atoms with Gasteiger partial charge in [-0.25, -0.2) is 4.79 Å². The molecule has 0 aliphatic rings. The molecule has 82 valence electrons. The fourth-order valence-electron chi connectivity index (χ4n) is 1.03. The van der Waals surface area contributed by atoms with E-state index < -0.39 is 11.6 Å². The summed E-state index contributed by atoms with van der Waals surface area (Å²) in [6.45, 7) is 3.31. The third-order valence-electron chi connectivity index (χ3n) is 2.28.